The van der Waals surface area contributed by atoms with E-state index in [2.05, 4.69) is 5.32 Å². The van der Waals surface area contributed by atoms with E-state index >= 15 is 0 Å². The van der Waals surface area contributed by atoms with Crippen LogP contribution in [0.25, 0.3) is 0 Å². The highest BCUT2D eigenvalue weighted by Gasteiger charge is 2.17. The van der Waals surface area contributed by atoms with E-state index in [1.54, 1.807) is 6.92 Å². The van der Waals surface area contributed by atoms with Gasteiger partial charge in [0.05, 0.1) is 12.6 Å². The Morgan fingerprint density at radius 1 is 1.41 bits per heavy atom. The number of ketones is 1. The number of Topliss-reactive ketones (excluding diaryl/α,β-unsaturated/α-hetero) is 1. The fourth-order valence-electron chi connectivity index (χ4n) is 1.59. The van der Waals surface area contributed by atoms with Crippen LogP contribution in [0.1, 0.15) is 30.6 Å². The molecule has 94 valence electrons. The highest BCUT2D eigenvalue weighted by Crippen LogP contribution is 2.07. The van der Waals surface area contributed by atoms with E-state index in [0.29, 0.717) is 5.56 Å². The Morgan fingerprint density at radius 2 is 2.00 bits per heavy atom. The van der Waals surface area contributed by atoms with E-state index in [0.717, 1.165) is 6.42 Å². The SMILES string of the molecule is CCC(CO)NC(C)C(=O)c1ccc(F)cc1. The molecule has 2 atom stereocenters. The molecule has 0 aliphatic carbocycles. The summed E-state index contributed by atoms with van der Waals surface area (Å²) in [6.07, 6.45) is 0.748. The van der Waals surface area contributed by atoms with Crippen molar-refractivity contribution >= 4 is 5.78 Å². The highest BCUT2D eigenvalue weighted by atomic mass is 19.1. The molecular weight excluding hydrogens is 221 g/mol. The summed E-state index contributed by atoms with van der Waals surface area (Å²) in [5, 5.41) is 12.1. The van der Waals surface area contributed by atoms with Crippen molar-refractivity contribution in [1.82, 2.24) is 5.32 Å². The summed E-state index contributed by atoms with van der Waals surface area (Å²) in [5.74, 6) is -0.458. The Kier molecular flexibility index (Phi) is 5.25. The number of halogens is 1. The average Bonchev–Trinajstić information content (AvgIpc) is 2.35. The summed E-state index contributed by atoms with van der Waals surface area (Å²) in [5.41, 5.74) is 0.471. The van der Waals surface area contributed by atoms with Crippen LogP contribution in [-0.2, 0) is 0 Å². The van der Waals surface area contributed by atoms with E-state index in [4.69, 9.17) is 5.11 Å². The number of nitrogens with one attached hydrogen (secondary N) is 1. The van der Waals surface area contributed by atoms with Gasteiger partial charge in [-0.15, -0.1) is 0 Å². The molecular formula is C13H18FNO2. The third-order valence-electron chi connectivity index (χ3n) is 2.72. The summed E-state index contributed by atoms with van der Waals surface area (Å²) < 4.78 is 12.7. The minimum absolute atomic E-state index is 0.00244. The van der Waals surface area contributed by atoms with Gasteiger partial charge in [-0.05, 0) is 37.6 Å². The topological polar surface area (TPSA) is 49.3 Å². The second kappa shape index (κ2) is 6.47. The van der Waals surface area contributed by atoms with Crippen LogP contribution in [0.5, 0.6) is 0 Å². The number of aliphatic hydroxyl groups excluding tert-OH is 1. The normalized spacial score (nSPS) is 14.4. The number of hydrogen-bond acceptors (Lipinski definition) is 3. The van der Waals surface area contributed by atoms with Gasteiger partial charge in [0, 0.05) is 11.6 Å². The molecule has 2 N–H and O–H groups in total. The second-order valence-electron chi connectivity index (χ2n) is 4.05. The summed E-state index contributed by atoms with van der Waals surface area (Å²) in [6, 6.07) is 4.99. The molecule has 0 amide bonds. The van der Waals surface area contributed by atoms with Crippen molar-refractivity contribution in [2.24, 2.45) is 0 Å². The number of rotatable bonds is 6. The lowest BCUT2D eigenvalue weighted by atomic mass is 10.0. The van der Waals surface area contributed by atoms with Crippen molar-refractivity contribution in [2.45, 2.75) is 32.4 Å². The van der Waals surface area contributed by atoms with Gasteiger partial charge in [-0.1, -0.05) is 6.92 Å². The first-order chi connectivity index (χ1) is 8.08. The van der Waals surface area contributed by atoms with Crippen molar-refractivity contribution in [3.05, 3.63) is 35.6 Å². The van der Waals surface area contributed by atoms with Crippen LogP contribution in [-0.4, -0.2) is 29.6 Å². The van der Waals surface area contributed by atoms with Crippen LogP contribution in [0.2, 0.25) is 0 Å². The van der Waals surface area contributed by atoms with Crippen LogP contribution < -0.4 is 5.32 Å². The third-order valence-corrected chi connectivity index (χ3v) is 2.72. The van der Waals surface area contributed by atoms with E-state index in [1.165, 1.54) is 24.3 Å². The monoisotopic (exact) mass is 239 g/mol. The number of benzene rings is 1. The Balaban J connectivity index is 2.66. The van der Waals surface area contributed by atoms with Gasteiger partial charge in [0.15, 0.2) is 5.78 Å². The maximum Gasteiger partial charge on any atom is 0.179 e. The van der Waals surface area contributed by atoms with Crippen LogP contribution in [0, 0.1) is 5.82 Å². The molecule has 0 saturated carbocycles. The molecule has 0 radical (unpaired) electrons. The van der Waals surface area contributed by atoms with E-state index in [9.17, 15) is 9.18 Å². The zero-order valence-corrected chi connectivity index (χ0v) is 10.1. The minimum atomic E-state index is -0.391. The molecule has 0 spiro atoms. The van der Waals surface area contributed by atoms with Gasteiger partial charge in [-0.25, -0.2) is 4.39 Å². The number of aliphatic hydroxyl groups is 1. The van der Waals surface area contributed by atoms with Crippen molar-refractivity contribution in [3.63, 3.8) is 0 Å². The van der Waals surface area contributed by atoms with Crippen LogP contribution in [0.15, 0.2) is 24.3 Å². The lowest BCUT2D eigenvalue weighted by Crippen LogP contribution is -2.42. The molecule has 0 bridgehead atoms. The van der Waals surface area contributed by atoms with Crippen molar-refractivity contribution in [3.8, 4) is 0 Å². The molecule has 2 unspecified atom stereocenters. The molecule has 0 aliphatic heterocycles. The smallest absolute Gasteiger partial charge is 0.179 e. The first-order valence-corrected chi connectivity index (χ1v) is 5.75. The summed E-state index contributed by atoms with van der Waals surface area (Å²) in [6.45, 7) is 3.67. The van der Waals surface area contributed by atoms with Gasteiger partial charge in [-0.2, -0.15) is 0 Å². The second-order valence-corrected chi connectivity index (χ2v) is 4.05. The van der Waals surface area contributed by atoms with Gasteiger partial charge in [-0.3, -0.25) is 4.79 Å². The Morgan fingerprint density at radius 3 is 2.47 bits per heavy atom. The molecule has 0 heterocycles. The molecule has 1 aromatic carbocycles. The molecule has 1 rings (SSSR count). The molecule has 0 saturated heterocycles. The largest absolute Gasteiger partial charge is 0.395 e. The van der Waals surface area contributed by atoms with Crippen molar-refractivity contribution in [2.75, 3.05) is 6.61 Å². The average molecular weight is 239 g/mol. The lowest BCUT2D eigenvalue weighted by molar-refractivity contribution is 0.0936. The van der Waals surface area contributed by atoms with Gasteiger partial charge < -0.3 is 10.4 Å². The van der Waals surface area contributed by atoms with Gasteiger partial charge >= 0.3 is 0 Å². The molecule has 0 fully saturated rings. The van der Waals surface area contributed by atoms with Crippen molar-refractivity contribution in [1.29, 1.82) is 0 Å². The molecule has 3 nitrogen and oxygen atoms in total. The van der Waals surface area contributed by atoms with Crippen molar-refractivity contribution < 1.29 is 14.3 Å². The zero-order chi connectivity index (χ0) is 12.8. The van der Waals surface area contributed by atoms with Crippen LogP contribution in [0.3, 0.4) is 0 Å². The predicted octanol–water partition coefficient (Wildman–Crippen LogP) is 1.76. The quantitative estimate of drug-likeness (QED) is 0.744. The molecule has 0 aliphatic rings. The number of carbonyl (C=O) groups excluding carboxylic acids is 1. The Bertz CT molecular complexity index is 360. The number of carbonyl (C=O) groups is 1. The zero-order valence-electron chi connectivity index (χ0n) is 10.1. The predicted molar refractivity (Wildman–Crippen MR) is 64.5 cm³/mol. The first kappa shape index (κ1) is 13.8. The van der Waals surface area contributed by atoms with E-state index < -0.39 is 6.04 Å². The minimum Gasteiger partial charge on any atom is -0.395 e. The standard InChI is InChI=1S/C13H18FNO2/c1-3-12(8-16)15-9(2)13(17)10-4-6-11(14)7-5-10/h4-7,9,12,15-16H,3,8H2,1-2H3. The number of hydrogen-bond donors (Lipinski definition) is 2. The lowest BCUT2D eigenvalue weighted by Gasteiger charge is -2.19. The Labute approximate surface area is 101 Å². The van der Waals surface area contributed by atoms with E-state index in [-0.39, 0.29) is 24.2 Å². The fourth-order valence-corrected chi connectivity index (χ4v) is 1.59. The molecule has 1 aromatic rings. The molecule has 0 aromatic heterocycles. The van der Waals surface area contributed by atoms with E-state index in [1.807, 2.05) is 6.92 Å². The van der Waals surface area contributed by atoms with Gasteiger partial charge in [0.25, 0.3) is 0 Å². The van der Waals surface area contributed by atoms with Gasteiger partial charge in [0.2, 0.25) is 0 Å². The van der Waals surface area contributed by atoms with Gasteiger partial charge in [0.1, 0.15) is 5.82 Å². The van der Waals surface area contributed by atoms with Crippen LogP contribution in [0.4, 0.5) is 4.39 Å². The summed E-state index contributed by atoms with van der Waals surface area (Å²) in [7, 11) is 0. The summed E-state index contributed by atoms with van der Waals surface area (Å²) in [4.78, 5) is 12.0. The maximum atomic E-state index is 12.7. The summed E-state index contributed by atoms with van der Waals surface area (Å²) >= 11 is 0. The Hall–Kier alpha value is -1.26. The highest BCUT2D eigenvalue weighted by molar-refractivity contribution is 5.99. The third kappa shape index (κ3) is 3.91. The maximum absolute atomic E-state index is 12.7. The molecule has 17 heavy (non-hydrogen) atoms. The molecule has 4 heteroatoms. The van der Waals surface area contributed by atoms with Crippen LogP contribution >= 0.6 is 0 Å². The first-order valence-electron chi connectivity index (χ1n) is 5.75. The fraction of sp³-hybridized carbons (Fsp3) is 0.462.